The number of nitrogens with zero attached hydrogens (tertiary/aromatic N) is 2. The van der Waals surface area contributed by atoms with Crippen molar-refractivity contribution in [2.24, 2.45) is 5.10 Å². The number of carbonyl (C=O) groups excluding carboxylic acids is 4. The Morgan fingerprint density at radius 3 is 2.39 bits per heavy atom. The lowest BCUT2D eigenvalue weighted by Gasteiger charge is -2.28. The number of rotatable bonds is 11. The lowest BCUT2D eigenvalue weighted by molar-refractivity contribution is -0.152. The molecule has 10 heteroatoms. The maximum atomic E-state index is 13.3. The summed E-state index contributed by atoms with van der Waals surface area (Å²) < 4.78 is 5.84. The number of phenols is 1. The molecular formula is C36H40N4O6. The van der Waals surface area contributed by atoms with Gasteiger partial charge in [-0.25, -0.2) is 5.43 Å². The molecule has 1 aliphatic rings. The van der Waals surface area contributed by atoms with E-state index in [0.717, 1.165) is 16.7 Å². The van der Waals surface area contributed by atoms with Crippen molar-refractivity contribution in [3.63, 3.8) is 0 Å². The van der Waals surface area contributed by atoms with Crippen LogP contribution >= 0.6 is 0 Å². The van der Waals surface area contributed by atoms with Crippen LogP contribution in [-0.2, 0) is 30.5 Å². The van der Waals surface area contributed by atoms with Gasteiger partial charge in [-0.2, -0.15) is 5.10 Å². The van der Waals surface area contributed by atoms with Crippen molar-refractivity contribution in [1.29, 1.82) is 0 Å². The van der Waals surface area contributed by atoms with E-state index >= 15 is 0 Å². The molecule has 4 rings (SSSR count). The largest absolute Gasteiger partial charge is 0.506 e. The van der Waals surface area contributed by atoms with E-state index in [4.69, 9.17) is 4.74 Å². The van der Waals surface area contributed by atoms with E-state index in [9.17, 15) is 24.3 Å². The van der Waals surface area contributed by atoms with Gasteiger partial charge >= 0.3 is 5.97 Å². The number of hydrogen-bond acceptors (Lipinski definition) is 7. The maximum absolute atomic E-state index is 13.3. The summed E-state index contributed by atoms with van der Waals surface area (Å²) in [6.07, 6.45) is 8.04. The van der Waals surface area contributed by atoms with Crippen LogP contribution in [0, 0.1) is 0 Å². The van der Waals surface area contributed by atoms with Gasteiger partial charge in [-0.15, -0.1) is 0 Å². The number of hydrazone groups is 1. The molecule has 0 saturated carbocycles. The van der Waals surface area contributed by atoms with Gasteiger partial charge in [0.1, 0.15) is 11.9 Å². The first-order valence-corrected chi connectivity index (χ1v) is 15.5. The fourth-order valence-electron chi connectivity index (χ4n) is 4.94. The number of phenolic OH excluding ortho intramolecular Hbond substituents is 1. The Morgan fingerprint density at radius 1 is 0.891 bits per heavy atom. The van der Waals surface area contributed by atoms with Crippen molar-refractivity contribution in [3.05, 3.63) is 108 Å². The summed E-state index contributed by atoms with van der Waals surface area (Å²) in [6, 6.07) is 23.5. The molecule has 3 aromatic carbocycles. The summed E-state index contributed by atoms with van der Waals surface area (Å²) >= 11 is 0. The van der Waals surface area contributed by atoms with Crippen molar-refractivity contribution >= 4 is 35.6 Å². The van der Waals surface area contributed by atoms with Crippen LogP contribution in [0.15, 0.2) is 96.1 Å². The average Bonchev–Trinajstić information content (AvgIpc) is 3.05. The van der Waals surface area contributed by atoms with Gasteiger partial charge in [0.05, 0.1) is 18.4 Å². The molecule has 3 N–H and O–H groups in total. The molecular weight excluding hydrogens is 584 g/mol. The molecule has 10 nitrogen and oxygen atoms in total. The molecule has 1 heterocycles. The highest BCUT2D eigenvalue weighted by atomic mass is 16.5. The predicted molar refractivity (Wildman–Crippen MR) is 176 cm³/mol. The summed E-state index contributed by atoms with van der Waals surface area (Å²) in [4.78, 5) is 52.0. The quantitative estimate of drug-likeness (QED) is 0.0617. The Bertz CT molecular complexity index is 1540. The monoisotopic (exact) mass is 624 g/mol. The van der Waals surface area contributed by atoms with E-state index in [0.29, 0.717) is 44.3 Å². The van der Waals surface area contributed by atoms with Gasteiger partial charge in [-0.1, -0.05) is 72.8 Å². The van der Waals surface area contributed by atoms with Crippen LogP contribution < -0.4 is 10.7 Å². The zero-order valence-electron chi connectivity index (χ0n) is 25.8. The van der Waals surface area contributed by atoms with E-state index in [-0.39, 0.29) is 55.2 Å². The second kappa shape index (κ2) is 17.9. The number of anilines is 1. The highest BCUT2D eigenvalue weighted by Crippen LogP contribution is 2.23. The topological polar surface area (TPSA) is 137 Å². The normalized spacial score (nSPS) is 16.6. The van der Waals surface area contributed by atoms with Gasteiger partial charge in [0.25, 0.3) is 0 Å². The standard InChI is InChI=1S/C36H40N4O6/c41-31-18-9-8-17-30(31)38-33(42)19-10-11-20-34(43)39-37-24-27-13-12-14-28(23-27)25-40-26-32(29-15-4-3-5-16-29)46-36(45)22-7-2-1-6-21-35(40)44/h1-5,8-9,12-18,23-24,32,41H,6-7,10-11,19-22,25-26H2,(H,38,42)(H,39,43)/b2-1+,37-24+/t32-/m1/s1. The van der Waals surface area contributed by atoms with E-state index in [1.807, 2.05) is 66.7 Å². The molecule has 3 aromatic rings. The number of esters is 1. The Balaban J connectivity index is 1.30. The number of hydrogen-bond donors (Lipinski definition) is 3. The van der Waals surface area contributed by atoms with Crippen molar-refractivity contribution in [2.45, 2.75) is 64.0 Å². The molecule has 0 saturated heterocycles. The molecule has 3 amide bonds. The van der Waals surface area contributed by atoms with E-state index in [2.05, 4.69) is 15.8 Å². The first kappa shape index (κ1) is 33.6. The number of unbranched alkanes of at least 4 members (excludes halogenated alkanes) is 1. The molecule has 0 fully saturated rings. The zero-order valence-corrected chi connectivity index (χ0v) is 25.8. The summed E-state index contributed by atoms with van der Waals surface area (Å²) in [5.74, 6) is -0.843. The SMILES string of the molecule is O=C(CCCCC(=O)Nc1ccccc1O)N/N=C/c1cccc(CN2C[C@H](c3ccccc3)OC(=O)CC/C=C/CCC2=O)c1. The van der Waals surface area contributed by atoms with Gasteiger partial charge in [0.2, 0.25) is 17.7 Å². The van der Waals surface area contributed by atoms with Crippen LogP contribution in [0.2, 0.25) is 0 Å². The van der Waals surface area contributed by atoms with Crippen LogP contribution in [0.4, 0.5) is 5.69 Å². The van der Waals surface area contributed by atoms with E-state index < -0.39 is 6.10 Å². The Hall–Kier alpha value is -5.25. The fraction of sp³-hybridized carbons (Fsp3) is 0.306. The number of ether oxygens (including phenoxy) is 1. The average molecular weight is 625 g/mol. The molecule has 0 bridgehead atoms. The third-order valence-corrected chi connectivity index (χ3v) is 7.35. The summed E-state index contributed by atoms with van der Waals surface area (Å²) in [5.41, 5.74) is 5.31. The van der Waals surface area contributed by atoms with Gasteiger partial charge < -0.3 is 20.1 Å². The van der Waals surface area contributed by atoms with Crippen LogP contribution in [0.5, 0.6) is 5.75 Å². The molecule has 1 atom stereocenters. The predicted octanol–water partition coefficient (Wildman–Crippen LogP) is 5.78. The van der Waals surface area contributed by atoms with E-state index in [1.165, 1.54) is 6.07 Å². The Kier molecular flexibility index (Phi) is 13.1. The number of amides is 3. The van der Waals surface area contributed by atoms with Crippen molar-refractivity contribution < 1.29 is 29.0 Å². The number of allylic oxidation sites excluding steroid dienone is 2. The van der Waals surface area contributed by atoms with Gasteiger partial charge in [-0.05, 0) is 60.6 Å². The van der Waals surface area contributed by atoms with Gasteiger partial charge in [-0.3, -0.25) is 19.2 Å². The Labute approximate surface area is 269 Å². The second-order valence-corrected chi connectivity index (χ2v) is 11.0. The lowest BCUT2D eigenvalue weighted by Crippen LogP contribution is -2.35. The number of cyclic esters (lactones) is 1. The number of aromatic hydroxyl groups is 1. The molecule has 1 aliphatic heterocycles. The number of para-hydroxylation sites is 2. The Morgan fingerprint density at radius 2 is 1.61 bits per heavy atom. The summed E-state index contributed by atoms with van der Waals surface area (Å²) in [5, 5.41) is 16.5. The minimum absolute atomic E-state index is 0.00242. The molecule has 240 valence electrons. The molecule has 0 spiro atoms. The molecule has 0 unspecified atom stereocenters. The highest BCUT2D eigenvalue weighted by Gasteiger charge is 2.24. The van der Waals surface area contributed by atoms with Crippen molar-refractivity contribution in [1.82, 2.24) is 10.3 Å². The minimum atomic E-state index is -0.590. The van der Waals surface area contributed by atoms with Crippen molar-refractivity contribution in [3.8, 4) is 5.75 Å². The van der Waals surface area contributed by atoms with E-state index in [1.54, 1.807) is 29.3 Å². The van der Waals surface area contributed by atoms with Crippen molar-refractivity contribution in [2.75, 3.05) is 11.9 Å². The lowest BCUT2D eigenvalue weighted by atomic mass is 10.1. The second-order valence-electron chi connectivity index (χ2n) is 11.0. The fourth-order valence-corrected chi connectivity index (χ4v) is 4.94. The third-order valence-electron chi connectivity index (χ3n) is 7.35. The van der Waals surface area contributed by atoms with Crippen LogP contribution in [0.3, 0.4) is 0 Å². The van der Waals surface area contributed by atoms with Gasteiger partial charge in [0, 0.05) is 32.2 Å². The van der Waals surface area contributed by atoms with Crippen LogP contribution in [0.25, 0.3) is 0 Å². The molecule has 0 aliphatic carbocycles. The number of nitrogens with one attached hydrogen (secondary N) is 2. The third kappa shape index (κ3) is 11.4. The summed E-state index contributed by atoms with van der Waals surface area (Å²) in [6.45, 7) is 0.540. The number of carbonyl (C=O) groups is 4. The first-order chi connectivity index (χ1) is 22.4. The summed E-state index contributed by atoms with van der Waals surface area (Å²) in [7, 11) is 0. The van der Waals surface area contributed by atoms with Gasteiger partial charge in [0.15, 0.2) is 0 Å². The highest BCUT2D eigenvalue weighted by molar-refractivity contribution is 5.92. The van der Waals surface area contributed by atoms with Crippen LogP contribution in [0.1, 0.15) is 74.2 Å². The maximum Gasteiger partial charge on any atom is 0.306 e. The molecule has 46 heavy (non-hydrogen) atoms. The van der Waals surface area contributed by atoms with Crippen LogP contribution in [-0.4, -0.2) is 46.5 Å². The minimum Gasteiger partial charge on any atom is -0.506 e. The first-order valence-electron chi connectivity index (χ1n) is 15.5. The zero-order chi connectivity index (χ0) is 32.6. The molecule has 0 radical (unpaired) electrons. The molecule has 0 aromatic heterocycles. The smallest absolute Gasteiger partial charge is 0.306 e. The number of benzene rings is 3.